The number of hydrogen-bond acceptors (Lipinski definition) is 2. The topological polar surface area (TPSA) is 12.5 Å². The van der Waals surface area contributed by atoms with Crippen LogP contribution in [0.4, 0.5) is 17.1 Å². The van der Waals surface area contributed by atoms with Gasteiger partial charge in [-0.1, -0.05) is 160 Å². The van der Waals surface area contributed by atoms with Crippen LogP contribution < -0.4 is 26.0 Å². The number of anilines is 3. The molecule has 0 aromatic heterocycles. The SMILES string of the molecule is Cc1cc(C)c(B(c2cccc3c2Oc2ccccc2C32c3ccccc3N(c3ccccc3)c3ccccc32)c2c(C)cc(C)cc2C)c(C)c1. The fourth-order valence-electron chi connectivity index (χ4n) is 9.74. The van der Waals surface area contributed by atoms with Crippen LogP contribution in [0.5, 0.6) is 11.5 Å². The minimum absolute atomic E-state index is 0.0339. The van der Waals surface area contributed by atoms with Crippen molar-refractivity contribution in [2.24, 2.45) is 0 Å². The van der Waals surface area contributed by atoms with Gasteiger partial charge in [-0.25, -0.2) is 0 Å². The molecule has 0 N–H and O–H groups in total. The molecule has 1 spiro atoms. The zero-order chi connectivity index (χ0) is 35.7. The van der Waals surface area contributed by atoms with E-state index in [1.165, 1.54) is 77.8 Å². The molecule has 0 radical (unpaired) electrons. The summed E-state index contributed by atoms with van der Waals surface area (Å²) < 4.78 is 7.29. The molecule has 2 heterocycles. The molecule has 7 aromatic rings. The zero-order valence-corrected chi connectivity index (χ0v) is 30.8. The van der Waals surface area contributed by atoms with Crippen LogP contribution in [0.1, 0.15) is 55.6 Å². The monoisotopic (exact) mass is 671 g/mol. The predicted octanol–water partition coefficient (Wildman–Crippen LogP) is 10.3. The van der Waals surface area contributed by atoms with Crippen molar-refractivity contribution < 1.29 is 4.74 Å². The zero-order valence-electron chi connectivity index (χ0n) is 30.8. The van der Waals surface area contributed by atoms with E-state index in [1.807, 2.05) is 0 Å². The highest BCUT2D eigenvalue weighted by atomic mass is 16.5. The Hall–Kier alpha value is -5.80. The molecular weight excluding hydrogens is 629 g/mol. The second-order valence-corrected chi connectivity index (χ2v) is 14.8. The van der Waals surface area contributed by atoms with Crippen molar-refractivity contribution in [3.8, 4) is 11.5 Å². The Morgan fingerprint density at radius 1 is 0.462 bits per heavy atom. The fourth-order valence-corrected chi connectivity index (χ4v) is 9.74. The van der Waals surface area contributed by atoms with Gasteiger partial charge in [-0.15, -0.1) is 0 Å². The van der Waals surface area contributed by atoms with E-state index in [9.17, 15) is 0 Å². The molecule has 0 saturated carbocycles. The van der Waals surface area contributed by atoms with Crippen LogP contribution in [-0.4, -0.2) is 6.71 Å². The second-order valence-electron chi connectivity index (χ2n) is 14.8. The van der Waals surface area contributed by atoms with E-state index in [2.05, 4.69) is 192 Å². The number of benzene rings is 7. The van der Waals surface area contributed by atoms with E-state index in [1.54, 1.807) is 0 Å². The lowest BCUT2D eigenvalue weighted by Crippen LogP contribution is -2.56. The molecule has 0 bridgehead atoms. The maximum Gasteiger partial charge on any atom is 0.247 e. The van der Waals surface area contributed by atoms with Gasteiger partial charge in [0.2, 0.25) is 6.71 Å². The van der Waals surface area contributed by atoms with Gasteiger partial charge in [-0.3, -0.25) is 0 Å². The Bertz CT molecular complexity index is 2380. The van der Waals surface area contributed by atoms with E-state index >= 15 is 0 Å². The minimum Gasteiger partial charge on any atom is -0.457 e. The van der Waals surface area contributed by atoms with Crippen molar-refractivity contribution in [2.45, 2.75) is 47.0 Å². The maximum absolute atomic E-state index is 7.29. The summed E-state index contributed by atoms with van der Waals surface area (Å²) in [4.78, 5) is 2.43. The Balaban J connectivity index is 1.42. The summed E-state index contributed by atoms with van der Waals surface area (Å²) in [6, 6.07) is 53.7. The standard InChI is InChI=1S/C49H42BNO/c1-31-27-33(3)46(34(4)28-31)50(47-35(5)29-32(2)30-36(47)6)42-23-16-22-41-48(42)52-45-26-15-12-21-40(45)49(41)38-19-10-13-24-43(38)51(37-17-8-7-9-18-37)44-25-14-11-20-39(44)49/h7-30H,1-6H3. The van der Waals surface area contributed by atoms with Gasteiger partial charge in [0.15, 0.2) is 0 Å². The molecule has 252 valence electrons. The van der Waals surface area contributed by atoms with Gasteiger partial charge in [0, 0.05) is 16.8 Å². The first-order valence-corrected chi connectivity index (χ1v) is 18.4. The van der Waals surface area contributed by atoms with Gasteiger partial charge in [0.05, 0.1) is 16.8 Å². The van der Waals surface area contributed by atoms with Crippen molar-refractivity contribution in [1.29, 1.82) is 0 Å². The Kier molecular flexibility index (Phi) is 7.52. The lowest BCUT2D eigenvalue weighted by Gasteiger charge is -2.49. The smallest absolute Gasteiger partial charge is 0.247 e. The second kappa shape index (κ2) is 12.2. The minimum atomic E-state index is -0.627. The van der Waals surface area contributed by atoms with Crippen LogP contribution >= 0.6 is 0 Å². The van der Waals surface area contributed by atoms with E-state index in [4.69, 9.17) is 4.74 Å². The third kappa shape index (κ3) is 4.65. The summed E-state index contributed by atoms with van der Waals surface area (Å²) >= 11 is 0. The molecule has 0 fully saturated rings. The molecule has 9 rings (SSSR count). The van der Waals surface area contributed by atoms with Gasteiger partial charge in [-0.2, -0.15) is 0 Å². The van der Waals surface area contributed by atoms with E-state index in [0.717, 1.165) is 22.7 Å². The van der Waals surface area contributed by atoms with Crippen LogP contribution in [0.2, 0.25) is 0 Å². The van der Waals surface area contributed by atoms with Gasteiger partial charge < -0.3 is 9.64 Å². The molecule has 0 saturated heterocycles. The van der Waals surface area contributed by atoms with Crippen molar-refractivity contribution in [2.75, 3.05) is 4.90 Å². The molecule has 2 nitrogen and oxygen atoms in total. The van der Waals surface area contributed by atoms with Crippen molar-refractivity contribution in [1.82, 2.24) is 0 Å². The van der Waals surface area contributed by atoms with Crippen LogP contribution in [0, 0.1) is 41.5 Å². The predicted molar refractivity (Wildman–Crippen MR) is 219 cm³/mol. The van der Waals surface area contributed by atoms with Crippen LogP contribution in [0.25, 0.3) is 0 Å². The van der Waals surface area contributed by atoms with Gasteiger partial charge in [-0.05, 0) is 88.5 Å². The molecule has 0 amide bonds. The average Bonchev–Trinajstić information content (AvgIpc) is 3.13. The average molecular weight is 672 g/mol. The number of ether oxygens (including phenoxy) is 1. The summed E-state index contributed by atoms with van der Waals surface area (Å²) in [5.74, 6) is 1.84. The Labute approximate surface area is 308 Å². The lowest BCUT2D eigenvalue weighted by molar-refractivity contribution is 0.437. The first-order valence-electron chi connectivity index (χ1n) is 18.4. The number of nitrogens with zero attached hydrogens (tertiary/aromatic N) is 1. The van der Waals surface area contributed by atoms with E-state index in [-0.39, 0.29) is 6.71 Å². The van der Waals surface area contributed by atoms with Crippen LogP contribution in [0.3, 0.4) is 0 Å². The number of rotatable bonds is 4. The maximum atomic E-state index is 7.29. The lowest BCUT2D eigenvalue weighted by atomic mass is 9.33. The molecule has 2 aliphatic heterocycles. The van der Waals surface area contributed by atoms with E-state index < -0.39 is 5.41 Å². The van der Waals surface area contributed by atoms with Gasteiger partial charge >= 0.3 is 0 Å². The number of fused-ring (bicyclic) bond motifs is 8. The van der Waals surface area contributed by atoms with Crippen molar-refractivity contribution in [3.05, 3.63) is 201 Å². The highest BCUT2D eigenvalue weighted by Crippen LogP contribution is 2.62. The number of para-hydroxylation sites is 5. The normalized spacial score (nSPS) is 13.5. The summed E-state index contributed by atoms with van der Waals surface area (Å²) in [7, 11) is 0. The van der Waals surface area contributed by atoms with Crippen molar-refractivity contribution >= 4 is 40.2 Å². The highest BCUT2D eigenvalue weighted by molar-refractivity contribution is 6.97. The van der Waals surface area contributed by atoms with Crippen LogP contribution in [-0.2, 0) is 5.41 Å². The Morgan fingerprint density at radius 3 is 1.48 bits per heavy atom. The first kappa shape index (κ1) is 32.1. The van der Waals surface area contributed by atoms with E-state index in [0.29, 0.717) is 0 Å². The first-order chi connectivity index (χ1) is 25.3. The van der Waals surface area contributed by atoms with Gasteiger partial charge in [0.25, 0.3) is 0 Å². The molecule has 0 aliphatic carbocycles. The summed E-state index contributed by atoms with van der Waals surface area (Å²) in [5, 5.41) is 0. The fraction of sp³-hybridized carbons (Fsp3) is 0.143. The molecule has 0 unspecified atom stereocenters. The summed E-state index contributed by atoms with van der Waals surface area (Å²) in [5.41, 5.74) is 19.4. The number of hydrogen-bond donors (Lipinski definition) is 0. The highest BCUT2D eigenvalue weighted by Gasteiger charge is 2.52. The summed E-state index contributed by atoms with van der Waals surface area (Å²) in [6.07, 6.45) is 0. The molecule has 52 heavy (non-hydrogen) atoms. The molecule has 3 heteroatoms. The quantitative estimate of drug-likeness (QED) is 0.173. The summed E-state index contributed by atoms with van der Waals surface area (Å²) in [6.45, 7) is 13.5. The molecule has 7 aromatic carbocycles. The van der Waals surface area contributed by atoms with Crippen LogP contribution in [0.15, 0.2) is 146 Å². The molecule has 2 aliphatic rings. The molecule has 0 atom stereocenters. The van der Waals surface area contributed by atoms with Crippen molar-refractivity contribution in [3.63, 3.8) is 0 Å². The Morgan fingerprint density at radius 2 is 0.923 bits per heavy atom. The molecular formula is C49H42BNO. The third-order valence-electron chi connectivity index (χ3n) is 11.4. The van der Waals surface area contributed by atoms with Gasteiger partial charge in [0.1, 0.15) is 11.5 Å². The number of aryl methyl sites for hydroxylation is 6. The third-order valence-corrected chi connectivity index (χ3v) is 11.4. The largest absolute Gasteiger partial charge is 0.457 e.